The van der Waals surface area contributed by atoms with Gasteiger partial charge in [-0.2, -0.15) is 0 Å². The van der Waals surface area contributed by atoms with E-state index in [4.69, 9.17) is 5.73 Å². The van der Waals surface area contributed by atoms with E-state index < -0.39 is 0 Å². The molecule has 0 fully saturated rings. The van der Waals surface area contributed by atoms with Gasteiger partial charge in [0.05, 0.1) is 0 Å². The van der Waals surface area contributed by atoms with Crippen LogP contribution in [0, 0.1) is 5.82 Å². The molecule has 3 heteroatoms. The lowest BCUT2D eigenvalue weighted by Crippen LogP contribution is -2.15. The van der Waals surface area contributed by atoms with Crippen LogP contribution in [0.4, 0.5) is 10.1 Å². The Morgan fingerprint density at radius 2 is 1.60 bits per heavy atom. The van der Waals surface area contributed by atoms with Crippen molar-refractivity contribution < 1.29 is 4.39 Å². The van der Waals surface area contributed by atoms with Gasteiger partial charge in [0.15, 0.2) is 0 Å². The fraction of sp³-hybridized carbons (Fsp3) is 0.294. The number of nitrogens with zero attached hydrogens (tertiary/aromatic N) is 1. The highest BCUT2D eigenvalue weighted by Gasteiger charge is 2.11. The maximum Gasteiger partial charge on any atom is 0.123 e. The molecule has 0 saturated heterocycles. The molecule has 0 saturated carbocycles. The molecular weight excluding hydrogens is 251 g/mol. The van der Waals surface area contributed by atoms with Gasteiger partial charge in [0, 0.05) is 25.7 Å². The van der Waals surface area contributed by atoms with Crippen LogP contribution in [0.2, 0.25) is 0 Å². The SMILES string of the molecule is CN(C)c1ccc(C(CN)Cc2ccc(F)cc2)cc1. The van der Waals surface area contributed by atoms with Crippen LogP contribution in [0.3, 0.4) is 0 Å². The molecule has 2 aromatic carbocycles. The van der Waals surface area contributed by atoms with Crippen LogP contribution in [0.15, 0.2) is 48.5 Å². The Labute approximate surface area is 120 Å². The van der Waals surface area contributed by atoms with Gasteiger partial charge in [-0.25, -0.2) is 4.39 Å². The van der Waals surface area contributed by atoms with E-state index in [1.54, 1.807) is 0 Å². The Balaban J connectivity index is 2.13. The molecule has 2 N–H and O–H groups in total. The zero-order valence-corrected chi connectivity index (χ0v) is 12.0. The van der Waals surface area contributed by atoms with E-state index in [2.05, 4.69) is 29.2 Å². The van der Waals surface area contributed by atoms with E-state index in [-0.39, 0.29) is 11.7 Å². The number of hydrogen-bond donors (Lipinski definition) is 1. The number of halogens is 1. The predicted octanol–water partition coefficient (Wildman–Crippen LogP) is 3.18. The molecule has 1 unspecified atom stereocenters. The molecule has 2 aromatic rings. The second-order valence-corrected chi connectivity index (χ2v) is 5.25. The largest absolute Gasteiger partial charge is 0.378 e. The minimum Gasteiger partial charge on any atom is -0.378 e. The zero-order chi connectivity index (χ0) is 14.5. The maximum atomic E-state index is 12.9. The number of anilines is 1. The average Bonchev–Trinajstić information content (AvgIpc) is 2.47. The normalized spacial score (nSPS) is 12.2. The molecule has 0 bridgehead atoms. The second-order valence-electron chi connectivity index (χ2n) is 5.25. The Hall–Kier alpha value is -1.87. The molecule has 0 aliphatic rings. The summed E-state index contributed by atoms with van der Waals surface area (Å²) in [6.07, 6.45) is 0.831. The highest BCUT2D eigenvalue weighted by Crippen LogP contribution is 2.22. The third kappa shape index (κ3) is 3.58. The van der Waals surface area contributed by atoms with E-state index in [9.17, 15) is 4.39 Å². The van der Waals surface area contributed by atoms with Gasteiger partial charge in [-0.1, -0.05) is 24.3 Å². The molecule has 0 aromatic heterocycles. The van der Waals surface area contributed by atoms with E-state index in [1.165, 1.54) is 23.4 Å². The summed E-state index contributed by atoms with van der Waals surface area (Å²) in [5.41, 5.74) is 9.40. The molecule has 0 radical (unpaired) electrons. The average molecular weight is 272 g/mol. The lowest BCUT2D eigenvalue weighted by Gasteiger charge is -2.18. The van der Waals surface area contributed by atoms with E-state index in [0.717, 1.165) is 12.0 Å². The summed E-state index contributed by atoms with van der Waals surface area (Å²) >= 11 is 0. The summed E-state index contributed by atoms with van der Waals surface area (Å²) in [5.74, 6) is 0.0602. The van der Waals surface area contributed by atoms with Gasteiger partial charge >= 0.3 is 0 Å². The number of benzene rings is 2. The number of rotatable bonds is 5. The van der Waals surface area contributed by atoms with Crippen molar-refractivity contribution in [1.82, 2.24) is 0 Å². The molecule has 0 amide bonds. The molecular formula is C17H21FN2. The summed E-state index contributed by atoms with van der Waals surface area (Å²) < 4.78 is 12.9. The Morgan fingerprint density at radius 3 is 2.10 bits per heavy atom. The summed E-state index contributed by atoms with van der Waals surface area (Å²) in [5, 5.41) is 0. The summed E-state index contributed by atoms with van der Waals surface area (Å²) in [4.78, 5) is 2.07. The molecule has 0 heterocycles. The smallest absolute Gasteiger partial charge is 0.123 e. The van der Waals surface area contributed by atoms with E-state index in [0.29, 0.717) is 6.54 Å². The van der Waals surface area contributed by atoms with Gasteiger partial charge in [0.25, 0.3) is 0 Å². The predicted molar refractivity (Wildman–Crippen MR) is 82.7 cm³/mol. The molecule has 20 heavy (non-hydrogen) atoms. The molecule has 2 rings (SSSR count). The van der Waals surface area contributed by atoms with Crippen LogP contribution < -0.4 is 10.6 Å². The lowest BCUT2D eigenvalue weighted by molar-refractivity contribution is 0.625. The highest BCUT2D eigenvalue weighted by molar-refractivity contribution is 5.46. The topological polar surface area (TPSA) is 29.3 Å². The first-order chi connectivity index (χ1) is 9.60. The highest BCUT2D eigenvalue weighted by atomic mass is 19.1. The molecule has 1 atom stereocenters. The van der Waals surface area contributed by atoms with E-state index >= 15 is 0 Å². The quantitative estimate of drug-likeness (QED) is 0.906. The van der Waals surface area contributed by atoms with Gasteiger partial charge in [-0.05, 0) is 48.4 Å². The van der Waals surface area contributed by atoms with Crippen LogP contribution in [0.5, 0.6) is 0 Å². The van der Waals surface area contributed by atoms with Gasteiger partial charge in [0.2, 0.25) is 0 Å². The molecule has 0 spiro atoms. The van der Waals surface area contributed by atoms with Crippen LogP contribution in [-0.4, -0.2) is 20.6 Å². The van der Waals surface area contributed by atoms with E-state index in [1.807, 2.05) is 26.2 Å². The minimum atomic E-state index is -0.201. The monoisotopic (exact) mass is 272 g/mol. The van der Waals surface area contributed by atoms with Gasteiger partial charge in [-0.3, -0.25) is 0 Å². The first kappa shape index (κ1) is 14.5. The van der Waals surface area contributed by atoms with Crippen molar-refractivity contribution in [2.75, 3.05) is 25.5 Å². The van der Waals surface area contributed by atoms with Crippen molar-refractivity contribution in [2.45, 2.75) is 12.3 Å². The van der Waals surface area contributed by atoms with Crippen molar-refractivity contribution in [2.24, 2.45) is 5.73 Å². The first-order valence-electron chi connectivity index (χ1n) is 6.82. The van der Waals surface area contributed by atoms with Crippen LogP contribution in [0.25, 0.3) is 0 Å². The number of nitrogens with two attached hydrogens (primary N) is 1. The summed E-state index contributed by atoms with van der Waals surface area (Å²) in [7, 11) is 4.04. The zero-order valence-electron chi connectivity index (χ0n) is 12.0. The van der Waals surface area contributed by atoms with Crippen molar-refractivity contribution in [3.63, 3.8) is 0 Å². The molecule has 0 aliphatic heterocycles. The fourth-order valence-electron chi connectivity index (χ4n) is 2.29. The first-order valence-corrected chi connectivity index (χ1v) is 6.82. The van der Waals surface area contributed by atoms with Crippen molar-refractivity contribution in [3.05, 3.63) is 65.5 Å². The number of hydrogen-bond acceptors (Lipinski definition) is 2. The van der Waals surface area contributed by atoms with Crippen LogP contribution in [0.1, 0.15) is 17.0 Å². The fourth-order valence-corrected chi connectivity index (χ4v) is 2.29. The second kappa shape index (κ2) is 6.53. The summed E-state index contributed by atoms with van der Waals surface area (Å²) in [6, 6.07) is 15.1. The van der Waals surface area contributed by atoms with Crippen LogP contribution in [-0.2, 0) is 6.42 Å². The van der Waals surface area contributed by atoms with Crippen molar-refractivity contribution in [3.8, 4) is 0 Å². The molecule has 106 valence electrons. The van der Waals surface area contributed by atoms with Crippen molar-refractivity contribution in [1.29, 1.82) is 0 Å². The third-order valence-electron chi connectivity index (χ3n) is 3.56. The summed E-state index contributed by atoms with van der Waals surface area (Å²) in [6.45, 7) is 0.582. The Morgan fingerprint density at radius 1 is 1.00 bits per heavy atom. The minimum absolute atomic E-state index is 0.201. The van der Waals surface area contributed by atoms with Gasteiger partial charge in [-0.15, -0.1) is 0 Å². The maximum absolute atomic E-state index is 12.9. The lowest BCUT2D eigenvalue weighted by atomic mass is 9.92. The van der Waals surface area contributed by atoms with Gasteiger partial charge in [0.1, 0.15) is 5.82 Å². The Kier molecular flexibility index (Phi) is 4.74. The molecule has 0 aliphatic carbocycles. The standard InChI is InChI=1S/C17H21FN2/c1-20(2)17-9-5-14(6-10-17)15(12-19)11-13-3-7-16(18)8-4-13/h3-10,15H,11-12,19H2,1-2H3. The Bertz CT molecular complexity index is 532. The third-order valence-corrected chi connectivity index (χ3v) is 3.56. The van der Waals surface area contributed by atoms with Crippen molar-refractivity contribution >= 4 is 5.69 Å². The van der Waals surface area contributed by atoms with Gasteiger partial charge < -0.3 is 10.6 Å². The molecule has 2 nitrogen and oxygen atoms in total. The van der Waals surface area contributed by atoms with Crippen LogP contribution >= 0.6 is 0 Å².